The van der Waals surface area contributed by atoms with E-state index >= 15 is 0 Å². The van der Waals surface area contributed by atoms with Crippen molar-refractivity contribution in [3.8, 4) is 5.75 Å². The van der Waals surface area contributed by atoms with Gasteiger partial charge >= 0.3 is 0 Å². The van der Waals surface area contributed by atoms with Crippen LogP contribution in [0.5, 0.6) is 5.75 Å². The van der Waals surface area contributed by atoms with Crippen LogP contribution in [0.15, 0.2) is 49.1 Å². The van der Waals surface area contributed by atoms with Crippen molar-refractivity contribution in [3.63, 3.8) is 0 Å². The minimum absolute atomic E-state index is 0.210. The molecule has 1 fully saturated rings. The summed E-state index contributed by atoms with van der Waals surface area (Å²) in [5, 5.41) is 2.43. The monoisotopic (exact) mass is 324 g/mol. The van der Waals surface area contributed by atoms with Gasteiger partial charge < -0.3 is 9.64 Å². The molecule has 126 valence electrons. The highest BCUT2D eigenvalue weighted by Crippen LogP contribution is 2.29. The highest BCUT2D eigenvalue weighted by molar-refractivity contribution is 5.87. The third kappa shape index (κ3) is 3.44. The maximum Gasteiger partial charge on any atom is 0.224 e. The minimum Gasteiger partial charge on any atom is -0.496 e. The fourth-order valence-electron chi connectivity index (χ4n) is 3.31. The van der Waals surface area contributed by atoms with E-state index in [1.165, 1.54) is 16.3 Å². The van der Waals surface area contributed by atoms with Gasteiger partial charge in [-0.25, -0.2) is 0 Å². The first-order valence-electron chi connectivity index (χ1n) is 8.38. The number of carbonyl (C=O) groups excluding carboxylic acids is 1. The second kappa shape index (κ2) is 7.49. The van der Waals surface area contributed by atoms with Crippen molar-refractivity contribution in [2.75, 3.05) is 33.3 Å². The third-order valence-corrected chi connectivity index (χ3v) is 4.63. The van der Waals surface area contributed by atoms with Crippen LogP contribution < -0.4 is 4.74 Å². The molecule has 0 atom stereocenters. The lowest BCUT2D eigenvalue weighted by Crippen LogP contribution is -2.33. The van der Waals surface area contributed by atoms with E-state index in [4.69, 9.17) is 4.74 Å². The van der Waals surface area contributed by atoms with Crippen molar-refractivity contribution in [3.05, 3.63) is 54.6 Å². The van der Waals surface area contributed by atoms with Crippen LogP contribution in [0, 0.1) is 0 Å². The van der Waals surface area contributed by atoms with Gasteiger partial charge in [-0.3, -0.25) is 9.69 Å². The van der Waals surface area contributed by atoms with E-state index in [-0.39, 0.29) is 5.91 Å². The topological polar surface area (TPSA) is 32.8 Å². The van der Waals surface area contributed by atoms with Gasteiger partial charge in [0.2, 0.25) is 5.91 Å². The SMILES string of the molecule is C=CCN1CCN(Cc2c(OC)ccc3ccccc23)CCC1=O. The number of hydrogen-bond donors (Lipinski definition) is 0. The molecule has 2 aromatic carbocycles. The summed E-state index contributed by atoms with van der Waals surface area (Å²) < 4.78 is 5.59. The molecule has 0 spiro atoms. The normalized spacial score (nSPS) is 16.2. The first-order chi connectivity index (χ1) is 11.7. The number of rotatable bonds is 5. The first kappa shape index (κ1) is 16.5. The summed E-state index contributed by atoms with van der Waals surface area (Å²) in [5.41, 5.74) is 1.19. The molecule has 1 saturated heterocycles. The molecule has 1 aliphatic rings. The highest BCUT2D eigenvalue weighted by atomic mass is 16.5. The maximum absolute atomic E-state index is 12.2. The smallest absolute Gasteiger partial charge is 0.224 e. The first-order valence-corrected chi connectivity index (χ1v) is 8.38. The van der Waals surface area contributed by atoms with Crippen molar-refractivity contribution >= 4 is 16.7 Å². The largest absolute Gasteiger partial charge is 0.496 e. The van der Waals surface area contributed by atoms with Gasteiger partial charge in [0.05, 0.1) is 7.11 Å². The Kier molecular flexibility index (Phi) is 5.16. The number of fused-ring (bicyclic) bond motifs is 1. The van der Waals surface area contributed by atoms with Crippen LogP contribution in [0.4, 0.5) is 0 Å². The fourth-order valence-corrected chi connectivity index (χ4v) is 3.31. The third-order valence-electron chi connectivity index (χ3n) is 4.63. The number of ether oxygens (including phenoxy) is 1. The lowest BCUT2D eigenvalue weighted by atomic mass is 10.0. The second-order valence-electron chi connectivity index (χ2n) is 6.12. The Morgan fingerprint density at radius 1 is 1.17 bits per heavy atom. The average molecular weight is 324 g/mol. The molecule has 3 rings (SSSR count). The molecule has 4 nitrogen and oxygen atoms in total. The number of benzene rings is 2. The van der Waals surface area contributed by atoms with Crippen molar-refractivity contribution < 1.29 is 9.53 Å². The summed E-state index contributed by atoms with van der Waals surface area (Å²) in [6, 6.07) is 12.5. The number of methoxy groups -OCH3 is 1. The fraction of sp³-hybridized carbons (Fsp3) is 0.350. The Balaban J connectivity index is 1.84. The van der Waals surface area contributed by atoms with Gasteiger partial charge in [-0.05, 0) is 16.8 Å². The summed E-state index contributed by atoms with van der Waals surface area (Å²) in [5.74, 6) is 1.12. The predicted molar refractivity (Wildman–Crippen MR) is 97.2 cm³/mol. The van der Waals surface area contributed by atoms with Gasteiger partial charge in [0.1, 0.15) is 5.75 Å². The van der Waals surface area contributed by atoms with Crippen LogP contribution in [-0.4, -0.2) is 49.0 Å². The Morgan fingerprint density at radius 3 is 2.79 bits per heavy atom. The van der Waals surface area contributed by atoms with E-state index < -0.39 is 0 Å². The Labute approximate surface area is 143 Å². The van der Waals surface area contributed by atoms with E-state index in [0.29, 0.717) is 13.0 Å². The van der Waals surface area contributed by atoms with E-state index in [1.807, 2.05) is 11.0 Å². The van der Waals surface area contributed by atoms with Gasteiger partial charge in [-0.1, -0.05) is 36.4 Å². The predicted octanol–water partition coefficient (Wildman–Crippen LogP) is 3.07. The molecular formula is C20H24N2O2. The quantitative estimate of drug-likeness (QED) is 0.793. The van der Waals surface area contributed by atoms with Crippen LogP contribution in [0.3, 0.4) is 0 Å². The van der Waals surface area contributed by atoms with Crippen LogP contribution in [0.25, 0.3) is 10.8 Å². The number of nitrogens with zero attached hydrogens (tertiary/aromatic N) is 2. The van der Waals surface area contributed by atoms with Crippen molar-refractivity contribution in [2.24, 2.45) is 0 Å². The molecule has 0 bridgehead atoms. The zero-order valence-electron chi connectivity index (χ0n) is 14.2. The van der Waals surface area contributed by atoms with Crippen LogP contribution >= 0.6 is 0 Å². The minimum atomic E-state index is 0.210. The summed E-state index contributed by atoms with van der Waals surface area (Å²) in [4.78, 5) is 16.4. The van der Waals surface area contributed by atoms with Gasteiger partial charge in [0, 0.05) is 44.7 Å². The Bertz CT molecular complexity index is 741. The number of carbonyl (C=O) groups is 1. The van der Waals surface area contributed by atoms with Crippen molar-refractivity contribution in [1.82, 2.24) is 9.80 Å². The molecule has 1 amide bonds. The average Bonchev–Trinajstić information content (AvgIpc) is 2.78. The summed E-state index contributed by atoms with van der Waals surface area (Å²) in [6.45, 7) is 7.55. The highest BCUT2D eigenvalue weighted by Gasteiger charge is 2.21. The molecule has 0 aliphatic carbocycles. The maximum atomic E-state index is 12.2. The van der Waals surface area contributed by atoms with Crippen LogP contribution in [-0.2, 0) is 11.3 Å². The van der Waals surface area contributed by atoms with Gasteiger partial charge in [0.25, 0.3) is 0 Å². The molecule has 0 aromatic heterocycles. The standard InChI is InChI=1S/C20H24N2O2/c1-3-11-22-14-13-21(12-10-20(22)23)15-18-17-7-5-4-6-16(17)8-9-19(18)24-2/h3-9H,1,10-15H2,2H3. The molecule has 1 aliphatic heterocycles. The molecule has 0 radical (unpaired) electrons. The summed E-state index contributed by atoms with van der Waals surface area (Å²) >= 11 is 0. The molecule has 0 saturated carbocycles. The van der Waals surface area contributed by atoms with Crippen molar-refractivity contribution in [1.29, 1.82) is 0 Å². The lowest BCUT2D eigenvalue weighted by Gasteiger charge is -2.23. The van der Waals surface area contributed by atoms with Gasteiger partial charge in [-0.15, -0.1) is 6.58 Å². The molecule has 1 heterocycles. The Morgan fingerprint density at radius 2 is 2.00 bits per heavy atom. The van der Waals surface area contributed by atoms with E-state index in [1.54, 1.807) is 13.2 Å². The summed E-state index contributed by atoms with van der Waals surface area (Å²) in [6.07, 6.45) is 2.35. The molecular weight excluding hydrogens is 300 g/mol. The van der Waals surface area contributed by atoms with Crippen LogP contribution in [0.2, 0.25) is 0 Å². The number of hydrogen-bond acceptors (Lipinski definition) is 3. The second-order valence-corrected chi connectivity index (χ2v) is 6.12. The molecule has 4 heteroatoms. The van der Waals surface area contributed by atoms with E-state index in [9.17, 15) is 4.79 Å². The molecule has 0 N–H and O–H groups in total. The summed E-state index contributed by atoms with van der Waals surface area (Å²) in [7, 11) is 1.71. The zero-order chi connectivity index (χ0) is 16.9. The lowest BCUT2D eigenvalue weighted by molar-refractivity contribution is -0.129. The van der Waals surface area contributed by atoms with Gasteiger partial charge in [0.15, 0.2) is 0 Å². The van der Waals surface area contributed by atoms with Gasteiger partial charge in [-0.2, -0.15) is 0 Å². The molecule has 24 heavy (non-hydrogen) atoms. The van der Waals surface area contributed by atoms with E-state index in [2.05, 4.69) is 41.8 Å². The molecule has 2 aromatic rings. The van der Waals surface area contributed by atoms with Crippen LogP contribution in [0.1, 0.15) is 12.0 Å². The Hall–Kier alpha value is -2.33. The van der Waals surface area contributed by atoms with Crippen molar-refractivity contribution in [2.45, 2.75) is 13.0 Å². The van der Waals surface area contributed by atoms with E-state index in [0.717, 1.165) is 31.9 Å². The molecule has 0 unspecified atom stereocenters. The number of amides is 1. The zero-order valence-corrected chi connectivity index (χ0v) is 14.2.